The normalized spacial score (nSPS) is 10.3. The molecular formula is C22H23N7O2S. The summed E-state index contributed by atoms with van der Waals surface area (Å²) < 4.78 is 0. The number of thioether (sulfide) groups is 1. The van der Waals surface area contributed by atoms with Crippen LogP contribution in [0.15, 0.2) is 58.7 Å². The number of benzene rings is 1. The minimum absolute atomic E-state index is 0.244. The molecule has 10 heteroatoms. The summed E-state index contributed by atoms with van der Waals surface area (Å²) in [4.78, 5) is 36.1. The van der Waals surface area contributed by atoms with Crippen LogP contribution >= 0.6 is 11.8 Å². The zero-order chi connectivity index (χ0) is 22.9. The summed E-state index contributed by atoms with van der Waals surface area (Å²) in [6.45, 7) is 6.11. The van der Waals surface area contributed by atoms with Crippen LogP contribution in [-0.4, -0.2) is 41.5 Å². The zero-order valence-corrected chi connectivity index (χ0v) is 18.3. The third-order valence-corrected chi connectivity index (χ3v) is 5.40. The number of anilines is 2. The number of nitrogens with one attached hydrogen (secondary N) is 3. The average molecular weight is 450 g/mol. The Morgan fingerprint density at radius 2 is 2.00 bits per heavy atom. The van der Waals surface area contributed by atoms with E-state index in [0.29, 0.717) is 41.7 Å². The highest BCUT2D eigenvalue weighted by Crippen LogP contribution is 2.41. The molecule has 164 valence electrons. The summed E-state index contributed by atoms with van der Waals surface area (Å²) in [5, 5.41) is 8.02. The van der Waals surface area contributed by atoms with Gasteiger partial charge in [-0.25, -0.2) is 9.78 Å². The van der Waals surface area contributed by atoms with Crippen molar-refractivity contribution in [3.63, 3.8) is 0 Å². The predicted molar refractivity (Wildman–Crippen MR) is 129 cm³/mol. The van der Waals surface area contributed by atoms with Crippen LogP contribution in [0.4, 0.5) is 22.0 Å². The Morgan fingerprint density at radius 1 is 1.16 bits per heavy atom. The van der Waals surface area contributed by atoms with Gasteiger partial charge in [0.1, 0.15) is 5.82 Å². The fraction of sp³-hybridized carbons (Fsp3) is 0.136. The Hall–Kier alpha value is -3.92. The highest BCUT2D eigenvalue weighted by Gasteiger charge is 2.15. The molecule has 0 saturated carbocycles. The van der Waals surface area contributed by atoms with Gasteiger partial charge in [-0.3, -0.25) is 14.8 Å². The number of carbonyl (C=O) groups is 2. The Balaban J connectivity index is 2.02. The summed E-state index contributed by atoms with van der Waals surface area (Å²) in [6, 6.07) is 10.8. The van der Waals surface area contributed by atoms with Crippen molar-refractivity contribution in [3.05, 3.63) is 48.8 Å². The quantitative estimate of drug-likeness (QED) is 0.170. The molecule has 0 aliphatic carbocycles. The van der Waals surface area contributed by atoms with Gasteiger partial charge in [0, 0.05) is 28.8 Å². The third kappa shape index (κ3) is 5.61. The van der Waals surface area contributed by atoms with E-state index in [2.05, 4.69) is 37.6 Å². The summed E-state index contributed by atoms with van der Waals surface area (Å²) in [7, 11) is 0. The molecule has 0 aliphatic heterocycles. The molecule has 0 fully saturated rings. The van der Waals surface area contributed by atoms with Gasteiger partial charge in [-0.05, 0) is 55.6 Å². The van der Waals surface area contributed by atoms with Crippen molar-refractivity contribution in [2.24, 2.45) is 4.99 Å². The molecule has 2 heterocycles. The van der Waals surface area contributed by atoms with Crippen LogP contribution in [0.2, 0.25) is 0 Å². The topological polar surface area (TPSA) is 134 Å². The summed E-state index contributed by atoms with van der Waals surface area (Å²) in [5.41, 5.74) is 10.2. The smallest absolute Gasteiger partial charge is 0.315 e. The Morgan fingerprint density at radius 3 is 2.62 bits per heavy atom. The molecular weight excluding hydrogens is 426 g/mol. The second kappa shape index (κ2) is 10.9. The van der Waals surface area contributed by atoms with E-state index in [-0.39, 0.29) is 6.03 Å². The molecule has 9 nitrogen and oxygen atoms in total. The lowest BCUT2D eigenvalue weighted by molar-refractivity contribution is -0.105. The molecule has 3 rings (SSSR count). The van der Waals surface area contributed by atoms with Gasteiger partial charge < -0.3 is 21.7 Å². The molecule has 32 heavy (non-hydrogen) atoms. The van der Waals surface area contributed by atoms with E-state index < -0.39 is 0 Å². The SMILES string of the molecule is C=Nc1cc(-c2ccc(NC=O)nc2)cc(-c2ccc(N)cn2)c1SCNC(=O)NCC. The Kier molecular flexibility index (Phi) is 7.76. The van der Waals surface area contributed by atoms with Crippen LogP contribution in [0.1, 0.15) is 6.92 Å². The van der Waals surface area contributed by atoms with Crippen LogP contribution < -0.4 is 21.7 Å². The van der Waals surface area contributed by atoms with E-state index in [1.165, 1.54) is 11.8 Å². The molecule has 0 bridgehead atoms. The van der Waals surface area contributed by atoms with Crippen LogP contribution in [0.25, 0.3) is 22.4 Å². The maximum atomic E-state index is 11.8. The van der Waals surface area contributed by atoms with Gasteiger partial charge in [0.2, 0.25) is 6.41 Å². The van der Waals surface area contributed by atoms with Gasteiger partial charge in [0.25, 0.3) is 0 Å². The third-order valence-electron chi connectivity index (χ3n) is 4.39. The minimum Gasteiger partial charge on any atom is -0.397 e. The minimum atomic E-state index is -0.244. The van der Waals surface area contributed by atoms with Crippen molar-refractivity contribution < 1.29 is 9.59 Å². The molecule has 1 aromatic carbocycles. The molecule has 2 aromatic heterocycles. The van der Waals surface area contributed by atoms with E-state index in [9.17, 15) is 9.59 Å². The van der Waals surface area contributed by atoms with Gasteiger partial charge in [0.05, 0.1) is 29.1 Å². The number of nitrogens with zero attached hydrogens (tertiary/aromatic N) is 3. The number of aliphatic imine (C=N–C) groups is 1. The number of aromatic nitrogens is 2. The first kappa shape index (κ1) is 22.8. The van der Waals surface area contributed by atoms with Crippen molar-refractivity contribution >= 4 is 48.1 Å². The van der Waals surface area contributed by atoms with Crippen LogP contribution in [0.5, 0.6) is 0 Å². The maximum Gasteiger partial charge on any atom is 0.315 e. The molecule has 5 N–H and O–H groups in total. The first-order chi connectivity index (χ1) is 15.5. The first-order valence-corrected chi connectivity index (χ1v) is 10.7. The van der Waals surface area contributed by atoms with Gasteiger partial charge >= 0.3 is 6.03 Å². The molecule has 0 radical (unpaired) electrons. The number of nitrogens with two attached hydrogens (primary N) is 1. The second-order valence-corrected chi connectivity index (χ2v) is 7.51. The first-order valence-electron chi connectivity index (χ1n) is 9.73. The standard InChI is InChI=1S/C22H23N7O2S/c1-3-25-22(31)29-13-32-21-17(18-6-5-16(23)11-26-18)8-15(9-19(21)24-2)14-4-7-20(27-10-14)28-12-30/h4-12H,2-3,13,23H2,1H3,(H2,25,29,31)(H,27,28,30). The van der Waals surface area contributed by atoms with Gasteiger partial charge in [-0.1, -0.05) is 0 Å². The number of pyridine rings is 2. The number of hydrogen-bond acceptors (Lipinski definition) is 7. The number of nitrogen functional groups attached to an aromatic ring is 1. The number of rotatable bonds is 9. The predicted octanol–water partition coefficient (Wildman–Crippen LogP) is 3.66. The summed E-state index contributed by atoms with van der Waals surface area (Å²) >= 11 is 1.42. The van der Waals surface area contributed by atoms with E-state index in [4.69, 9.17) is 5.73 Å². The van der Waals surface area contributed by atoms with Crippen molar-refractivity contribution in [2.45, 2.75) is 11.8 Å². The highest BCUT2D eigenvalue weighted by molar-refractivity contribution is 7.99. The zero-order valence-electron chi connectivity index (χ0n) is 17.5. The second-order valence-electron chi connectivity index (χ2n) is 6.53. The van der Waals surface area contributed by atoms with E-state index >= 15 is 0 Å². The molecule has 0 atom stereocenters. The molecule has 0 unspecified atom stereocenters. The maximum absolute atomic E-state index is 11.8. The van der Waals surface area contributed by atoms with E-state index in [1.54, 1.807) is 24.5 Å². The molecule has 0 aliphatic rings. The van der Waals surface area contributed by atoms with Crippen molar-refractivity contribution in [3.8, 4) is 22.4 Å². The van der Waals surface area contributed by atoms with Crippen molar-refractivity contribution in [1.29, 1.82) is 0 Å². The van der Waals surface area contributed by atoms with Crippen LogP contribution in [0, 0.1) is 0 Å². The average Bonchev–Trinajstić information content (AvgIpc) is 2.80. The Labute approximate surface area is 190 Å². The van der Waals surface area contributed by atoms with Crippen LogP contribution in [-0.2, 0) is 4.79 Å². The molecule has 0 spiro atoms. The number of hydrogen-bond donors (Lipinski definition) is 4. The summed E-state index contributed by atoms with van der Waals surface area (Å²) in [5.74, 6) is 0.790. The summed E-state index contributed by atoms with van der Waals surface area (Å²) in [6.07, 6.45) is 3.83. The molecule has 0 saturated heterocycles. The van der Waals surface area contributed by atoms with Gasteiger partial charge in [-0.2, -0.15) is 0 Å². The fourth-order valence-corrected chi connectivity index (χ4v) is 3.85. The van der Waals surface area contributed by atoms with Crippen molar-refractivity contribution in [1.82, 2.24) is 20.6 Å². The lowest BCUT2D eigenvalue weighted by atomic mass is 10.0. The fourth-order valence-electron chi connectivity index (χ4n) is 2.91. The lowest BCUT2D eigenvalue weighted by Gasteiger charge is -2.15. The van der Waals surface area contributed by atoms with Crippen LogP contribution in [0.3, 0.4) is 0 Å². The highest BCUT2D eigenvalue weighted by atomic mass is 32.2. The number of urea groups is 1. The molecule has 3 amide bonds. The van der Waals surface area contributed by atoms with Gasteiger partial charge in [0.15, 0.2) is 0 Å². The van der Waals surface area contributed by atoms with E-state index in [0.717, 1.165) is 21.6 Å². The monoisotopic (exact) mass is 449 g/mol. The number of carbonyl (C=O) groups excluding carboxylic acids is 2. The largest absolute Gasteiger partial charge is 0.397 e. The van der Waals surface area contributed by atoms with Gasteiger partial charge in [-0.15, -0.1) is 11.8 Å². The lowest BCUT2D eigenvalue weighted by Crippen LogP contribution is -2.34. The number of amides is 3. The Bertz CT molecular complexity index is 1100. The molecule has 3 aromatic rings. The van der Waals surface area contributed by atoms with E-state index in [1.807, 2.05) is 31.2 Å². The van der Waals surface area contributed by atoms with Crippen molar-refractivity contribution in [2.75, 3.05) is 23.5 Å².